The molecule has 7 heteroatoms. The first-order valence-electron chi connectivity index (χ1n) is 10.5. The number of hydrogen-bond acceptors (Lipinski definition) is 7. The number of aryl methyl sites for hydroxylation is 1. The van der Waals surface area contributed by atoms with Crippen LogP contribution in [0, 0.1) is 12.8 Å². The van der Waals surface area contributed by atoms with Crippen molar-refractivity contribution in [2.75, 3.05) is 24.5 Å². The summed E-state index contributed by atoms with van der Waals surface area (Å²) in [7, 11) is 0. The summed E-state index contributed by atoms with van der Waals surface area (Å²) in [4.78, 5) is 16.3. The van der Waals surface area contributed by atoms with Crippen molar-refractivity contribution in [3.05, 3.63) is 42.3 Å². The first kappa shape index (κ1) is 17.7. The number of hydrogen-bond donors (Lipinski definition) is 2. The van der Waals surface area contributed by atoms with Gasteiger partial charge in [-0.3, -0.25) is 0 Å². The number of phenolic OH excluding ortho intramolecular Hbond substituents is 1. The van der Waals surface area contributed by atoms with Crippen LogP contribution in [0.1, 0.15) is 18.7 Å². The Morgan fingerprint density at radius 1 is 1.03 bits per heavy atom. The van der Waals surface area contributed by atoms with Gasteiger partial charge in [-0.25, -0.2) is 15.0 Å². The standard InChI is InChI=1S/C23H23N5O2/c1-13-25-19-11-21(29)15(10-22(19)30-13)16-4-5-18-17(26-16)6-7-23(27-18)28-9-8-24-20(12-28)14-2-3-14/h4-7,10-11,14,20,24,29H,2-3,8-9,12H2,1H3/t20-/m1/s1. The number of rotatable bonds is 3. The van der Waals surface area contributed by atoms with Crippen LogP contribution in [0.3, 0.4) is 0 Å². The quantitative estimate of drug-likeness (QED) is 0.542. The van der Waals surface area contributed by atoms with Crippen LogP contribution in [0.2, 0.25) is 0 Å². The van der Waals surface area contributed by atoms with Gasteiger partial charge < -0.3 is 19.7 Å². The first-order valence-corrected chi connectivity index (χ1v) is 10.5. The molecule has 2 N–H and O–H groups in total. The van der Waals surface area contributed by atoms with Crippen molar-refractivity contribution < 1.29 is 9.52 Å². The van der Waals surface area contributed by atoms with Crippen molar-refractivity contribution in [2.24, 2.45) is 5.92 Å². The second-order valence-corrected chi connectivity index (χ2v) is 8.32. The second-order valence-electron chi connectivity index (χ2n) is 8.32. The molecule has 152 valence electrons. The smallest absolute Gasteiger partial charge is 0.192 e. The number of anilines is 1. The van der Waals surface area contributed by atoms with Crippen LogP contribution in [-0.2, 0) is 0 Å². The molecular formula is C23H23N5O2. The number of fused-ring (bicyclic) bond motifs is 2. The van der Waals surface area contributed by atoms with Crippen LogP contribution in [0.15, 0.2) is 40.8 Å². The number of nitrogens with one attached hydrogen (secondary N) is 1. The Kier molecular flexibility index (Phi) is 3.92. The molecule has 0 bridgehead atoms. The van der Waals surface area contributed by atoms with E-state index in [1.165, 1.54) is 12.8 Å². The van der Waals surface area contributed by atoms with Gasteiger partial charge in [0, 0.05) is 44.2 Å². The van der Waals surface area contributed by atoms with Gasteiger partial charge in [0.1, 0.15) is 17.1 Å². The Balaban J connectivity index is 1.33. The van der Waals surface area contributed by atoms with Crippen molar-refractivity contribution >= 4 is 28.0 Å². The number of pyridine rings is 2. The largest absolute Gasteiger partial charge is 0.507 e. The van der Waals surface area contributed by atoms with E-state index < -0.39 is 0 Å². The second kappa shape index (κ2) is 6.67. The molecule has 0 unspecified atom stereocenters. The summed E-state index contributed by atoms with van der Waals surface area (Å²) in [5.41, 5.74) is 4.24. The molecule has 0 amide bonds. The summed E-state index contributed by atoms with van der Waals surface area (Å²) in [5.74, 6) is 2.54. The van der Waals surface area contributed by atoms with Gasteiger partial charge in [-0.15, -0.1) is 0 Å². The van der Waals surface area contributed by atoms with Crippen LogP contribution >= 0.6 is 0 Å². The highest BCUT2D eigenvalue weighted by atomic mass is 16.3. The predicted molar refractivity (Wildman–Crippen MR) is 116 cm³/mol. The molecule has 2 aliphatic rings. The minimum Gasteiger partial charge on any atom is -0.507 e. The van der Waals surface area contributed by atoms with Crippen LogP contribution in [0.25, 0.3) is 33.4 Å². The molecule has 1 saturated carbocycles. The summed E-state index contributed by atoms with van der Waals surface area (Å²) in [6, 6.07) is 11.9. The molecular weight excluding hydrogens is 378 g/mol. The summed E-state index contributed by atoms with van der Waals surface area (Å²) < 4.78 is 5.61. The van der Waals surface area contributed by atoms with Crippen molar-refractivity contribution in [1.29, 1.82) is 0 Å². The number of aromatic hydroxyl groups is 1. The van der Waals surface area contributed by atoms with Gasteiger partial charge in [-0.1, -0.05) is 0 Å². The normalized spacial score (nSPS) is 19.6. The lowest BCUT2D eigenvalue weighted by atomic mass is 10.1. The predicted octanol–water partition coefficient (Wildman–Crippen LogP) is 3.64. The highest BCUT2D eigenvalue weighted by Gasteiger charge is 2.34. The molecule has 3 aromatic heterocycles. The lowest BCUT2D eigenvalue weighted by Gasteiger charge is -2.34. The minimum absolute atomic E-state index is 0.138. The van der Waals surface area contributed by atoms with Crippen LogP contribution in [-0.4, -0.2) is 45.7 Å². The summed E-state index contributed by atoms with van der Waals surface area (Å²) in [6.07, 6.45) is 2.69. The van der Waals surface area contributed by atoms with E-state index in [-0.39, 0.29) is 5.75 Å². The minimum atomic E-state index is 0.138. The maximum absolute atomic E-state index is 10.5. The molecule has 1 aromatic carbocycles. The Morgan fingerprint density at radius 2 is 1.87 bits per heavy atom. The highest BCUT2D eigenvalue weighted by Crippen LogP contribution is 2.35. The number of phenols is 1. The number of aromatic nitrogens is 3. The third kappa shape index (κ3) is 3.06. The molecule has 1 aliphatic heterocycles. The summed E-state index contributed by atoms with van der Waals surface area (Å²) in [6.45, 7) is 4.78. The van der Waals surface area contributed by atoms with Crippen LogP contribution in [0.5, 0.6) is 5.75 Å². The molecule has 30 heavy (non-hydrogen) atoms. The van der Waals surface area contributed by atoms with Crippen molar-refractivity contribution in [3.63, 3.8) is 0 Å². The first-order chi connectivity index (χ1) is 14.6. The zero-order valence-electron chi connectivity index (χ0n) is 16.8. The maximum Gasteiger partial charge on any atom is 0.192 e. The molecule has 1 atom stereocenters. The lowest BCUT2D eigenvalue weighted by Crippen LogP contribution is -2.52. The molecule has 0 radical (unpaired) electrons. The Hall–Kier alpha value is -3.19. The molecule has 4 heterocycles. The van der Waals surface area contributed by atoms with E-state index in [1.54, 1.807) is 19.1 Å². The summed E-state index contributed by atoms with van der Waals surface area (Å²) in [5, 5.41) is 14.1. The molecule has 2 fully saturated rings. The van der Waals surface area contributed by atoms with E-state index >= 15 is 0 Å². The average molecular weight is 401 g/mol. The third-order valence-electron chi connectivity index (χ3n) is 6.14. The zero-order valence-corrected chi connectivity index (χ0v) is 16.8. The lowest BCUT2D eigenvalue weighted by molar-refractivity contribution is 0.417. The fraction of sp³-hybridized carbons (Fsp3) is 0.348. The number of piperazine rings is 1. The van der Waals surface area contributed by atoms with Gasteiger partial charge in [0.05, 0.1) is 16.7 Å². The van der Waals surface area contributed by atoms with Crippen LogP contribution < -0.4 is 10.2 Å². The molecule has 6 rings (SSSR count). The fourth-order valence-corrected chi connectivity index (χ4v) is 4.41. The van der Waals surface area contributed by atoms with E-state index in [0.29, 0.717) is 34.3 Å². The topological polar surface area (TPSA) is 87.3 Å². The van der Waals surface area contributed by atoms with Gasteiger partial charge in [0.25, 0.3) is 0 Å². The molecule has 1 aliphatic carbocycles. The van der Waals surface area contributed by atoms with Gasteiger partial charge in [-0.05, 0) is 49.1 Å². The van der Waals surface area contributed by atoms with Gasteiger partial charge in [0.15, 0.2) is 11.5 Å². The number of nitrogens with zero attached hydrogens (tertiary/aromatic N) is 4. The van der Waals surface area contributed by atoms with Gasteiger partial charge in [0.2, 0.25) is 0 Å². The Morgan fingerprint density at radius 3 is 2.73 bits per heavy atom. The van der Waals surface area contributed by atoms with Crippen LogP contribution in [0.4, 0.5) is 5.82 Å². The Labute approximate surface area is 173 Å². The maximum atomic E-state index is 10.5. The summed E-state index contributed by atoms with van der Waals surface area (Å²) >= 11 is 0. The Bertz CT molecular complexity index is 1260. The monoisotopic (exact) mass is 401 g/mol. The highest BCUT2D eigenvalue weighted by molar-refractivity contribution is 5.86. The van der Waals surface area contributed by atoms with E-state index in [2.05, 4.69) is 21.3 Å². The number of oxazole rings is 1. The van der Waals surface area contributed by atoms with Crippen molar-refractivity contribution in [1.82, 2.24) is 20.3 Å². The average Bonchev–Trinajstić information content (AvgIpc) is 3.55. The fourth-order valence-electron chi connectivity index (χ4n) is 4.41. The molecule has 7 nitrogen and oxygen atoms in total. The zero-order chi connectivity index (χ0) is 20.2. The van der Waals surface area contributed by atoms with E-state index in [0.717, 1.165) is 42.4 Å². The molecule has 1 saturated heterocycles. The SMILES string of the molecule is Cc1nc2cc(O)c(-c3ccc4nc(N5CCN[C@@H](C6CC6)C5)ccc4n3)cc2o1. The molecule has 0 spiro atoms. The van der Waals surface area contributed by atoms with Crippen molar-refractivity contribution in [3.8, 4) is 17.0 Å². The van der Waals surface area contributed by atoms with E-state index in [4.69, 9.17) is 14.4 Å². The van der Waals surface area contributed by atoms with Gasteiger partial charge >= 0.3 is 0 Å². The third-order valence-corrected chi connectivity index (χ3v) is 6.14. The molecule has 4 aromatic rings. The number of benzene rings is 1. The van der Waals surface area contributed by atoms with E-state index in [1.807, 2.05) is 18.2 Å². The van der Waals surface area contributed by atoms with Crippen molar-refractivity contribution in [2.45, 2.75) is 25.8 Å². The van der Waals surface area contributed by atoms with Gasteiger partial charge in [-0.2, -0.15) is 0 Å². The van der Waals surface area contributed by atoms with E-state index in [9.17, 15) is 5.11 Å².